The third-order valence-electron chi connectivity index (χ3n) is 3.69. The third-order valence-corrected chi connectivity index (χ3v) is 3.69. The van der Waals surface area contributed by atoms with Crippen molar-refractivity contribution in [2.24, 2.45) is 5.41 Å². The molecule has 1 N–H and O–H groups in total. The minimum Gasteiger partial charge on any atom is -0.386 e. The number of hydrogen-bond donors (Lipinski definition) is 1. The van der Waals surface area contributed by atoms with Crippen LogP contribution in [0.4, 0.5) is 0 Å². The molecule has 0 spiro atoms. The van der Waals surface area contributed by atoms with Gasteiger partial charge in [0.25, 0.3) is 0 Å². The molecule has 0 aromatic heterocycles. The van der Waals surface area contributed by atoms with E-state index >= 15 is 0 Å². The zero-order valence-corrected chi connectivity index (χ0v) is 12.2. The van der Waals surface area contributed by atoms with E-state index in [-0.39, 0.29) is 6.29 Å². The van der Waals surface area contributed by atoms with Crippen molar-refractivity contribution in [3.63, 3.8) is 0 Å². The van der Waals surface area contributed by atoms with Crippen molar-refractivity contribution in [2.45, 2.75) is 65.3 Å². The molecule has 106 valence electrons. The van der Waals surface area contributed by atoms with E-state index in [0.29, 0.717) is 18.6 Å². The van der Waals surface area contributed by atoms with Crippen LogP contribution in [0.1, 0.15) is 53.4 Å². The van der Waals surface area contributed by atoms with Gasteiger partial charge in [-0.1, -0.05) is 19.9 Å². The second-order valence-corrected chi connectivity index (χ2v) is 5.91. The Morgan fingerprint density at radius 3 is 2.00 bits per heavy atom. The summed E-state index contributed by atoms with van der Waals surface area (Å²) in [5.74, 6) is 0. The van der Waals surface area contributed by atoms with E-state index in [1.165, 1.54) is 0 Å². The summed E-state index contributed by atoms with van der Waals surface area (Å²) in [6.07, 6.45) is 7.15. The first-order chi connectivity index (χ1) is 8.41. The molecule has 18 heavy (non-hydrogen) atoms. The molecule has 0 saturated heterocycles. The smallest absolute Gasteiger partial charge is 0.176 e. The van der Waals surface area contributed by atoms with Crippen LogP contribution in [0.5, 0.6) is 0 Å². The maximum atomic E-state index is 10.5. The third kappa shape index (κ3) is 5.09. The van der Waals surface area contributed by atoms with E-state index in [2.05, 4.69) is 13.8 Å². The fourth-order valence-corrected chi connectivity index (χ4v) is 2.27. The van der Waals surface area contributed by atoms with Gasteiger partial charge in [0, 0.05) is 13.2 Å². The minimum absolute atomic E-state index is 0.334. The van der Waals surface area contributed by atoms with Crippen LogP contribution in [-0.2, 0) is 9.47 Å². The summed E-state index contributed by atoms with van der Waals surface area (Å²) in [6, 6.07) is 0. The molecule has 0 aliphatic heterocycles. The molecule has 0 amide bonds. The summed E-state index contributed by atoms with van der Waals surface area (Å²) in [6.45, 7) is 9.63. The minimum atomic E-state index is -0.679. The van der Waals surface area contributed by atoms with Crippen molar-refractivity contribution in [1.29, 1.82) is 0 Å². The van der Waals surface area contributed by atoms with Crippen molar-refractivity contribution in [3.8, 4) is 0 Å². The van der Waals surface area contributed by atoms with E-state index in [1.54, 1.807) is 0 Å². The topological polar surface area (TPSA) is 38.7 Å². The average molecular weight is 256 g/mol. The molecule has 0 atom stereocenters. The van der Waals surface area contributed by atoms with Gasteiger partial charge in [-0.05, 0) is 51.0 Å². The molecule has 3 heteroatoms. The van der Waals surface area contributed by atoms with Gasteiger partial charge in [0.15, 0.2) is 6.29 Å². The van der Waals surface area contributed by atoms with Gasteiger partial charge in [0.1, 0.15) is 0 Å². The number of ether oxygens (including phenoxy) is 2. The van der Waals surface area contributed by atoms with E-state index in [0.717, 1.165) is 25.7 Å². The van der Waals surface area contributed by atoms with Crippen LogP contribution in [0.2, 0.25) is 0 Å². The van der Waals surface area contributed by atoms with Gasteiger partial charge in [0.05, 0.1) is 5.60 Å². The quantitative estimate of drug-likeness (QED) is 0.585. The van der Waals surface area contributed by atoms with Crippen LogP contribution >= 0.6 is 0 Å². The summed E-state index contributed by atoms with van der Waals surface area (Å²) in [5.41, 5.74) is -0.318. The Labute approximate surface area is 111 Å². The highest BCUT2D eigenvalue weighted by atomic mass is 16.7. The molecular weight excluding hydrogens is 228 g/mol. The van der Waals surface area contributed by atoms with Gasteiger partial charge in [-0.25, -0.2) is 0 Å². The van der Waals surface area contributed by atoms with Crippen molar-refractivity contribution in [2.75, 3.05) is 13.2 Å². The summed E-state index contributed by atoms with van der Waals surface area (Å²) in [7, 11) is 0. The Morgan fingerprint density at radius 1 is 1.06 bits per heavy atom. The number of hydrogen-bond acceptors (Lipinski definition) is 3. The highest BCUT2D eigenvalue weighted by Crippen LogP contribution is 2.40. The van der Waals surface area contributed by atoms with Gasteiger partial charge in [-0.3, -0.25) is 0 Å². The van der Waals surface area contributed by atoms with Crippen molar-refractivity contribution in [1.82, 2.24) is 0 Å². The van der Waals surface area contributed by atoms with Crippen molar-refractivity contribution in [3.05, 3.63) is 12.2 Å². The van der Waals surface area contributed by atoms with Gasteiger partial charge in [-0.15, -0.1) is 0 Å². The van der Waals surface area contributed by atoms with Crippen LogP contribution in [0.15, 0.2) is 12.2 Å². The first-order valence-corrected chi connectivity index (χ1v) is 7.06. The lowest BCUT2D eigenvalue weighted by Crippen LogP contribution is -2.35. The van der Waals surface area contributed by atoms with Crippen molar-refractivity contribution >= 4 is 0 Å². The largest absolute Gasteiger partial charge is 0.386 e. The van der Waals surface area contributed by atoms with Crippen LogP contribution < -0.4 is 0 Å². The molecule has 1 rings (SSSR count). The number of rotatable bonds is 6. The van der Waals surface area contributed by atoms with E-state index < -0.39 is 5.60 Å². The molecule has 0 bridgehead atoms. The lowest BCUT2D eigenvalue weighted by molar-refractivity contribution is -0.105. The first kappa shape index (κ1) is 15.7. The first-order valence-electron chi connectivity index (χ1n) is 7.06. The second-order valence-electron chi connectivity index (χ2n) is 5.91. The van der Waals surface area contributed by atoms with Crippen molar-refractivity contribution < 1.29 is 14.6 Å². The fraction of sp³-hybridized carbons (Fsp3) is 0.867. The predicted octanol–water partition coefficient (Wildman–Crippen LogP) is 3.27. The SMILES string of the molecule is CCOC(C=CC1(O)CCC(C)(C)CC1)OCC. The molecule has 1 fully saturated rings. The Bertz CT molecular complexity index is 255. The maximum absolute atomic E-state index is 10.5. The molecule has 1 saturated carbocycles. The molecule has 0 aromatic carbocycles. The molecule has 0 radical (unpaired) electrons. The Morgan fingerprint density at radius 2 is 1.56 bits per heavy atom. The summed E-state index contributed by atoms with van der Waals surface area (Å²) in [4.78, 5) is 0. The normalized spacial score (nSPS) is 22.8. The van der Waals surface area contributed by atoms with Crippen LogP contribution in [0.25, 0.3) is 0 Å². The van der Waals surface area contributed by atoms with E-state index in [9.17, 15) is 5.11 Å². The van der Waals surface area contributed by atoms with Crippen LogP contribution in [0.3, 0.4) is 0 Å². The zero-order valence-electron chi connectivity index (χ0n) is 12.2. The fourth-order valence-electron chi connectivity index (χ4n) is 2.27. The Hall–Kier alpha value is -0.380. The molecule has 1 aliphatic rings. The lowest BCUT2D eigenvalue weighted by atomic mass is 9.71. The Balaban J connectivity index is 2.53. The van der Waals surface area contributed by atoms with Gasteiger partial charge in [-0.2, -0.15) is 0 Å². The van der Waals surface area contributed by atoms with Gasteiger partial charge >= 0.3 is 0 Å². The van der Waals surface area contributed by atoms with Gasteiger partial charge in [0.2, 0.25) is 0 Å². The molecule has 0 aromatic rings. The zero-order chi connectivity index (χ0) is 13.6. The highest BCUT2D eigenvalue weighted by molar-refractivity contribution is 5.05. The second kappa shape index (κ2) is 6.69. The molecule has 1 aliphatic carbocycles. The molecule has 0 unspecified atom stereocenters. The number of aliphatic hydroxyl groups is 1. The Kier molecular flexibility index (Phi) is 5.83. The van der Waals surface area contributed by atoms with Crippen LogP contribution in [-0.4, -0.2) is 30.2 Å². The van der Waals surface area contributed by atoms with Gasteiger partial charge < -0.3 is 14.6 Å². The summed E-state index contributed by atoms with van der Waals surface area (Å²) in [5, 5.41) is 10.5. The standard InChI is InChI=1S/C15H28O3/c1-5-17-13(18-6-2)7-8-15(16)11-9-14(3,4)10-12-15/h7-8,13,16H,5-6,9-12H2,1-4H3. The molecule has 3 nitrogen and oxygen atoms in total. The molecule has 0 heterocycles. The predicted molar refractivity (Wildman–Crippen MR) is 73.4 cm³/mol. The van der Waals surface area contributed by atoms with E-state index in [1.807, 2.05) is 26.0 Å². The monoisotopic (exact) mass is 256 g/mol. The lowest BCUT2D eigenvalue weighted by Gasteiger charge is -2.38. The van der Waals surface area contributed by atoms with Crippen LogP contribution in [0, 0.1) is 5.41 Å². The highest BCUT2D eigenvalue weighted by Gasteiger charge is 2.34. The summed E-state index contributed by atoms with van der Waals surface area (Å²) >= 11 is 0. The summed E-state index contributed by atoms with van der Waals surface area (Å²) < 4.78 is 10.9. The maximum Gasteiger partial charge on any atom is 0.176 e. The average Bonchev–Trinajstić information content (AvgIpc) is 2.32. The molecular formula is C15H28O3. The van der Waals surface area contributed by atoms with E-state index in [4.69, 9.17) is 9.47 Å².